The van der Waals surface area contributed by atoms with Crippen LogP contribution in [0.2, 0.25) is 0 Å². The highest BCUT2D eigenvalue weighted by atomic mass is 16.5. The molecule has 0 saturated heterocycles. The molecule has 7 nitrogen and oxygen atoms in total. The van der Waals surface area contributed by atoms with Crippen molar-refractivity contribution in [3.05, 3.63) is 23.8 Å². The van der Waals surface area contributed by atoms with E-state index in [-0.39, 0.29) is 6.54 Å². The summed E-state index contributed by atoms with van der Waals surface area (Å²) in [5.74, 6) is -1.32. The number of hydrogen-bond acceptors (Lipinski definition) is 5. The van der Waals surface area contributed by atoms with Gasteiger partial charge >= 0.3 is 11.9 Å². The fourth-order valence-corrected chi connectivity index (χ4v) is 1.62. The van der Waals surface area contributed by atoms with Crippen LogP contribution < -0.4 is 14.8 Å². The van der Waals surface area contributed by atoms with Crippen molar-refractivity contribution >= 4 is 11.9 Å². The standard InChI is InChI=1S/C14H19NO6/c1-3-20-11-6-4-5-10(7-15-9(2)14(18)19)13(11)21-8-12(16)17/h4-6,9,15H,3,7-8H2,1-2H3,(H,16,17)(H,18,19)/t9-/m0/s1. The van der Waals surface area contributed by atoms with Crippen LogP contribution in [0.5, 0.6) is 11.5 Å². The maximum Gasteiger partial charge on any atom is 0.341 e. The van der Waals surface area contributed by atoms with E-state index < -0.39 is 24.6 Å². The quantitative estimate of drug-likeness (QED) is 0.627. The zero-order valence-electron chi connectivity index (χ0n) is 12.0. The lowest BCUT2D eigenvalue weighted by Gasteiger charge is -2.16. The van der Waals surface area contributed by atoms with Crippen LogP contribution in [0.3, 0.4) is 0 Å². The summed E-state index contributed by atoms with van der Waals surface area (Å²) in [6, 6.07) is 4.40. The van der Waals surface area contributed by atoms with E-state index in [0.717, 1.165) is 0 Å². The van der Waals surface area contributed by atoms with Gasteiger partial charge in [0.2, 0.25) is 0 Å². The van der Waals surface area contributed by atoms with Crippen molar-refractivity contribution in [1.82, 2.24) is 5.32 Å². The van der Waals surface area contributed by atoms with Gasteiger partial charge in [-0.2, -0.15) is 0 Å². The van der Waals surface area contributed by atoms with Gasteiger partial charge in [0, 0.05) is 12.1 Å². The van der Waals surface area contributed by atoms with Gasteiger partial charge in [-0.15, -0.1) is 0 Å². The molecule has 0 heterocycles. The Balaban J connectivity index is 2.91. The average Bonchev–Trinajstić information content (AvgIpc) is 2.43. The molecule has 0 amide bonds. The lowest BCUT2D eigenvalue weighted by molar-refractivity contribution is -0.140. The number of hydrogen-bond donors (Lipinski definition) is 3. The third-order valence-corrected chi connectivity index (χ3v) is 2.67. The molecule has 0 fully saturated rings. The van der Waals surface area contributed by atoms with Crippen LogP contribution in [-0.2, 0) is 16.1 Å². The van der Waals surface area contributed by atoms with Crippen molar-refractivity contribution in [2.45, 2.75) is 26.4 Å². The molecule has 1 aromatic rings. The van der Waals surface area contributed by atoms with Crippen LogP contribution in [-0.4, -0.2) is 41.4 Å². The first-order valence-corrected chi connectivity index (χ1v) is 6.51. The van der Waals surface area contributed by atoms with E-state index >= 15 is 0 Å². The zero-order chi connectivity index (χ0) is 15.8. The maximum atomic E-state index is 10.8. The van der Waals surface area contributed by atoms with Gasteiger partial charge in [0.05, 0.1) is 6.61 Å². The highest BCUT2D eigenvalue weighted by molar-refractivity contribution is 5.72. The summed E-state index contributed by atoms with van der Waals surface area (Å²) < 4.78 is 10.7. The molecule has 116 valence electrons. The number of carboxylic acid groups (broad SMARTS) is 2. The van der Waals surface area contributed by atoms with Crippen molar-refractivity contribution in [3.8, 4) is 11.5 Å². The Labute approximate surface area is 122 Å². The van der Waals surface area contributed by atoms with E-state index in [1.54, 1.807) is 25.1 Å². The van der Waals surface area contributed by atoms with Gasteiger partial charge in [0.15, 0.2) is 18.1 Å². The largest absolute Gasteiger partial charge is 0.490 e. The predicted molar refractivity (Wildman–Crippen MR) is 74.7 cm³/mol. The normalized spacial score (nSPS) is 11.7. The van der Waals surface area contributed by atoms with E-state index in [1.807, 2.05) is 0 Å². The molecule has 0 unspecified atom stereocenters. The molecule has 0 aliphatic carbocycles. The summed E-state index contributed by atoms with van der Waals surface area (Å²) >= 11 is 0. The van der Waals surface area contributed by atoms with Gasteiger partial charge in [-0.3, -0.25) is 4.79 Å². The topological polar surface area (TPSA) is 105 Å². The third-order valence-electron chi connectivity index (χ3n) is 2.67. The van der Waals surface area contributed by atoms with Crippen LogP contribution in [0.4, 0.5) is 0 Å². The van der Waals surface area contributed by atoms with Crippen molar-refractivity contribution in [3.63, 3.8) is 0 Å². The lowest BCUT2D eigenvalue weighted by Crippen LogP contribution is -2.33. The first-order chi connectivity index (χ1) is 9.95. The molecule has 1 aromatic carbocycles. The fourth-order valence-electron chi connectivity index (χ4n) is 1.62. The van der Waals surface area contributed by atoms with Gasteiger partial charge in [0.1, 0.15) is 6.04 Å². The Kier molecular flexibility index (Phi) is 6.48. The molecular weight excluding hydrogens is 278 g/mol. The molecule has 0 aliphatic rings. The minimum absolute atomic E-state index is 0.226. The summed E-state index contributed by atoms with van der Waals surface area (Å²) in [6.07, 6.45) is 0. The molecule has 0 spiro atoms. The molecule has 1 atom stereocenters. The third kappa shape index (κ3) is 5.31. The first-order valence-electron chi connectivity index (χ1n) is 6.51. The number of benzene rings is 1. The maximum absolute atomic E-state index is 10.8. The van der Waals surface area contributed by atoms with Crippen molar-refractivity contribution in [2.24, 2.45) is 0 Å². The second-order valence-corrected chi connectivity index (χ2v) is 4.30. The van der Waals surface area contributed by atoms with E-state index in [1.165, 1.54) is 6.92 Å². The van der Waals surface area contributed by atoms with E-state index in [0.29, 0.717) is 23.7 Å². The van der Waals surface area contributed by atoms with Crippen LogP contribution in [0.15, 0.2) is 18.2 Å². The van der Waals surface area contributed by atoms with Gasteiger partial charge < -0.3 is 25.0 Å². The highest BCUT2D eigenvalue weighted by Crippen LogP contribution is 2.31. The van der Waals surface area contributed by atoms with E-state index in [9.17, 15) is 9.59 Å². The molecule has 7 heteroatoms. The molecule has 0 radical (unpaired) electrons. The van der Waals surface area contributed by atoms with Gasteiger partial charge in [-0.25, -0.2) is 4.79 Å². The van der Waals surface area contributed by atoms with Crippen molar-refractivity contribution in [2.75, 3.05) is 13.2 Å². The summed E-state index contributed by atoms with van der Waals surface area (Å²) in [5, 5.41) is 20.4. The first kappa shape index (κ1) is 16.8. The van der Waals surface area contributed by atoms with Crippen LogP contribution >= 0.6 is 0 Å². The molecule has 0 bridgehead atoms. The monoisotopic (exact) mass is 297 g/mol. The Hall–Kier alpha value is -2.28. The van der Waals surface area contributed by atoms with Crippen molar-refractivity contribution in [1.29, 1.82) is 0 Å². The van der Waals surface area contributed by atoms with E-state index in [4.69, 9.17) is 19.7 Å². The minimum Gasteiger partial charge on any atom is -0.490 e. The minimum atomic E-state index is -1.10. The Morgan fingerprint density at radius 2 is 2.00 bits per heavy atom. The van der Waals surface area contributed by atoms with E-state index in [2.05, 4.69) is 5.32 Å². The summed E-state index contributed by atoms with van der Waals surface area (Å²) in [7, 11) is 0. The number of carbonyl (C=O) groups is 2. The summed E-state index contributed by atoms with van der Waals surface area (Å²) in [5.41, 5.74) is 0.635. The zero-order valence-corrected chi connectivity index (χ0v) is 12.0. The molecule has 0 aromatic heterocycles. The SMILES string of the molecule is CCOc1cccc(CN[C@@H](C)C(=O)O)c1OCC(=O)O. The van der Waals surface area contributed by atoms with Gasteiger partial charge in [0.25, 0.3) is 0 Å². The van der Waals surface area contributed by atoms with Crippen LogP contribution in [0.1, 0.15) is 19.4 Å². The highest BCUT2D eigenvalue weighted by Gasteiger charge is 2.15. The number of nitrogens with one attached hydrogen (secondary N) is 1. The molecule has 0 saturated carbocycles. The number of carboxylic acids is 2. The Bertz CT molecular complexity index is 502. The molecule has 3 N–H and O–H groups in total. The number of ether oxygens (including phenoxy) is 2. The molecule has 21 heavy (non-hydrogen) atoms. The second kappa shape index (κ2) is 8.11. The summed E-state index contributed by atoms with van der Waals surface area (Å²) in [4.78, 5) is 21.4. The van der Waals surface area contributed by atoms with Gasteiger partial charge in [-0.1, -0.05) is 12.1 Å². The molecule has 0 aliphatic heterocycles. The lowest BCUT2D eigenvalue weighted by atomic mass is 10.1. The number of rotatable bonds is 9. The fraction of sp³-hybridized carbons (Fsp3) is 0.429. The number of para-hydroxylation sites is 1. The smallest absolute Gasteiger partial charge is 0.341 e. The number of aliphatic carboxylic acids is 2. The second-order valence-electron chi connectivity index (χ2n) is 4.30. The Morgan fingerprint density at radius 3 is 2.57 bits per heavy atom. The van der Waals surface area contributed by atoms with Crippen LogP contribution in [0.25, 0.3) is 0 Å². The predicted octanol–water partition coefficient (Wildman–Crippen LogP) is 1.11. The molecular formula is C14H19NO6. The average molecular weight is 297 g/mol. The van der Waals surface area contributed by atoms with Gasteiger partial charge in [-0.05, 0) is 19.9 Å². The van der Waals surface area contributed by atoms with Crippen LogP contribution in [0, 0.1) is 0 Å². The Morgan fingerprint density at radius 1 is 1.29 bits per heavy atom. The summed E-state index contributed by atoms with van der Waals surface area (Å²) in [6.45, 7) is 3.46. The molecule has 1 rings (SSSR count). The van der Waals surface area contributed by atoms with Crippen molar-refractivity contribution < 1.29 is 29.3 Å².